The number of carbonyl (C=O) groups excluding carboxylic acids is 1. The minimum atomic E-state index is -4.86. The van der Waals surface area contributed by atoms with Crippen molar-refractivity contribution in [1.82, 2.24) is 14.5 Å². The first-order valence-electron chi connectivity index (χ1n) is 13.2. The normalized spacial score (nSPS) is 19.1. The monoisotopic (exact) mass is 605 g/mol. The lowest BCUT2D eigenvalue weighted by Gasteiger charge is -2.37. The van der Waals surface area contributed by atoms with Crippen molar-refractivity contribution in [2.75, 3.05) is 47.4 Å². The average Bonchev–Trinajstić information content (AvgIpc) is 3.41. The maximum atomic E-state index is 12.6. The number of nitrogens with one attached hydrogen (secondary N) is 1. The largest absolute Gasteiger partial charge is 0.573 e. The summed E-state index contributed by atoms with van der Waals surface area (Å²) in [5.41, 5.74) is 0. The van der Waals surface area contributed by atoms with Crippen LogP contribution in [0, 0.1) is 11.8 Å². The van der Waals surface area contributed by atoms with Crippen LogP contribution in [0.25, 0.3) is 0 Å². The van der Waals surface area contributed by atoms with Crippen LogP contribution < -0.4 is 10.1 Å². The van der Waals surface area contributed by atoms with Crippen molar-refractivity contribution in [3.63, 3.8) is 0 Å². The van der Waals surface area contributed by atoms with Crippen molar-refractivity contribution in [3.05, 3.63) is 46.7 Å². The second kappa shape index (κ2) is 14.6. The SMILES string of the molecule is CN(C)C(c1cccs1)C1CCC(CCNC(=O)COCCN(C)S(=O)(=O)c2ccc(OC(F)(F)F)cc2)CC1. The number of hydrogen-bond acceptors (Lipinski definition) is 7. The molecule has 0 aliphatic heterocycles. The van der Waals surface area contributed by atoms with Gasteiger partial charge in [0.05, 0.1) is 11.5 Å². The van der Waals surface area contributed by atoms with Gasteiger partial charge in [0.1, 0.15) is 12.4 Å². The molecule has 1 saturated carbocycles. The number of ether oxygens (including phenoxy) is 2. The number of nitrogens with zero attached hydrogens (tertiary/aromatic N) is 2. The number of hydrogen-bond donors (Lipinski definition) is 1. The molecule has 3 rings (SSSR count). The van der Waals surface area contributed by atoms with Crippen LogP contribution in [0.1, 0.15) is 43.0 Å². The molecule has 2 aromatic rings. The molecule has 1 aliphatic carbocycles. The van der Waals surface area contributed by atoms with Gasteiger partial charge in [-0.15, -0.1) is 24.5 Å². The molecule has 1 aliphatic rings. The number of rotatable bonds is 14. The molecule has 40 heavy (non-hydrogen) atoms. The summed E-state index contributed by atoms with van der Waals surface area (Å²) in [6, 6.07) is 8.73. The number of halogens is 3. The molecular formula is C27H38F3N3O5S2. The van der Waals surface area contributed by atoms with E-state index in [-0.39, 0.29) is 30.6 Å². The van der Waals surface area contributed by atoms with Gasteiger partial charge >= 0.3 is 6.36 Å². The molecule has 1 aromatic carbocycles. The number of amides is 1. The zero-order valence-corrected chi connectivity index (χ0v) is 24.7. The molecule has 1 amide bonds. The topological polar surface area (TPSA) is 88.2 Å². The molecule has 0 spiro atoms. The number of alkyl halides is 3. The van der Waals surface area contributed by atoms with Crippen LogP contribution in [-0.4, -0.2) is 77.3 Å². The van der Waals surface area contributed by atoms with E-state index in [0.29, 0.717) is 24.4 Å². The van der Waals surface area contributed by atoms with E-state index in [0.717, 1.165) is 47.8 Å². The third kappa shape index (κ3) is 9.72. The number of likely N-dealkylation sites (N-methyl/N-ethyl adjacent to an activating group) is 1. The molecule has 0 radical (unpaired) electrons. The highest BCUT2D eigenvalue weighted by Gasteiger charge is 2.32. The highest BCUT2D eigenvalue weighted by molar-refractivity contribution is 7.89. The van der Waals surface area contributed by atoms with Crippen LogP contribution in [0.15, 0.2) is 46.7 Å². The lowest BCUT2D eigenvalue weighted by atomic mass is 9.76. The van der Waals surface area contributed by atoms with Crippen LogP contribution in [0.2, 0.25) is 0 Å². The van der Waals surface area contributed by atoms with E-state index < -0.39 is 22.1 Å². The first-order valence-corrected chi connectivity index (χ1v) is 15.5. The molecule has 1 N–H and O–H groups in total. The van der Waals surface area contributed by atoms with Gasteiger partial charge in [0, 0.05) is 31.1 Å². The molecule has 1 atom stereocenters. The zero-order valence-electron chi connectivity index (χ0n) is 23.0. The van der Waals surface area contributed by atoms with Crippen molar-refractivity contribution in [2.45, 2.75) is 49.4 Å². The fourth-order valence-corrected chi connectivity index (χ4v) is 7.27. The molecule has 1 fully saturated rings. The maximum Gasteiger partial charge on any atom is 0.573 e. The summed E-state index contributed by atoms with van der Waals surface area (Å²) in [5.74, 6) is 0.447. The summed E-state index contributed by atoms with van der Waals surface area (Å²) >= 11 is 1.81. The van der Waals surface area contributed by atoms with Crippen molar-refractivity contribution < 1.29 is 35.9 Å². The molecule has 1 unspecified atom stereocenters. The predicted octanol–water partition coefficient (Wildman–Crippen LogP) is 4.90. The Morgan fingerprint density at radius 2 is 1.77 bits per heavy atom. The summed E-state index contributed by atoms with van der Waals surface area (Å²) in [4.78, 5) is 15.7. The van der Waals surface area contributed by atoms with Gasteiger partial charge in [0.25, 0.3) is 0 Å². The quantitative estimate of drug-likeness (QED) is 0.309. The van der Waals surface area contributed by atoms with E-state index in [4.69, 9.17) is 4.74 Å². The van der Waals surface area contributed by atoms with Gasteiger partial charge in [-0.05, 0) is 80.9 Å². The van der Waals surface area contributed by atoms with Gasteiger partial charge in [-0.3, -0.25) is 4.79 Å². The van der Waals surface area contributed by atoms with Crippen LogP contribution in [-0.2, 0) is 19.6 Å². The van der Waals surface area contributed by atoms with Gasteiger partial charge in [-0.25, -0.2) is 8.42 Å². The van der Waals surface area contributed by atoms with E-state index in [1.165, 1.54) is 24.8 Å². The summed E-state index contributed by atoms with van der Waals surface area (Å²) < 4.78 is 72.3. The summed E-state index contributed by atoms with van der Waals surface area (Å²) in [6.45, 7) is 0.343. The van der Waals surface area contributed by atoms with E-state index in [1.807, 2.05) is 11.3 Å². The Morgan fingerprint density at radius 1 is 1.10 bits per heavy atom. The van der Waals surface area contributed by atoms with E-state index >= 15 is 0 Å². The number of thiophene rings is 1. The third-order valence-corrected chi connectivity index (χ3v) is 9.97. The Morgan fingerprint density at radius 3 is 2.35 bits per heavy atom. The molecule has 1 aromatic heterocycles. The molecular weight excluding hydrogens is 567 g/mol. The number of carbonyl (C=O) groups is 1. The second-order valence-corrected chi connectivity index (χ2v) is 13.3. The fourth-order valence-electron chi connectivity index (χ4n) is 5.10. The molecule has 0 saturated heterocycles. The lowest BCUT2D eigenvalue weighted by Crippen LogP contribution is -2.33. The minimum absolute atomic E-state index is 0.0142. The predicted molar refractivity (Wildman–Crippen MR) is 148 cm³/mol. The molecule has 0 bridgehead atoms. The zero-order chi connectivity index (χ0) is 29.3. The Balaban J connectivity index is 1.31. The van der Waals surface area contributed by atoms with Crippen molar-refractivity contribution >= 4 is 27.3 Å². The molecule has 13 heteroatoms. The Kier molecular flexibility index (Phi) is 11.8. The maximum absolute atomic E-state index is 12.6. The van der Waals surface area contributed by atoms with Gasteiger partial charge in [0.15, 0.2) is 0 Å². The van der Waals surface area contributed by atoms with Gasteiger partial charge in [-0.2, -0.15) is 4.31 Å². The van der Waals surface area contributed by atoms with Crippen LogP contribution in [0.4, 0.5) is 13.2 Å². The van der Waals surface area contributed by atoms with Gasteiger partial charge < -0.3 is 19.7 Å². The van der Waals surface area contributed by atoms with Crippen LogP contribution >= 0.6 is 11.3 Å². The highest BCUT2D eigenvalue weighted by atomic mass is 32.2. The van der Waals surface area contributed by atoms with Gasteiger partial charge in [-0.1, -0.05) is 18.9 Å². The fraction of sp³-hybridized carbons (Fsp3) is 0.593. The standard InChI is InChI=1S/C27H38F3N3O5S2/c1-32(2)26(24-5-4-18-39-24)21-8-6-20(7-9-21)14-15-31-25(34)19-37-17-16-33(3)40(35,36)23-12-10-22(11-13-23)38-27(28,29)30/h4-5,10-13,18,20-21,26H,6-9,14-17,19H2,1-3H3,(H,31,34). The first-order chi connectivity index (χ1) is 18.9. The van der Waals surface area contributed by atoms with E-state index in [1.54, 1.807) is 0 Å². The van der Waals surface area contributed by atoms with Crippen LogP contribution in [0.3, 0.4) is 0 Å². The lowest BCUT2D eigenvalue weighted by molar-refractivity contribution is -0.274. The first kappa shape index (κ1) is 32.3. The van der Waals surface area contributed by atoms with E-state index in [9.17, 15) is 26.4 Å². The Labute approximate surface area is 238 Å². The van der Waals surface area contributed by atoms with Gasteiger partial charge in [0.2, 0.25) is 15.9 Å². The molecule has 8 nitrogen and oxygen atoms in total. The summed E-state index contributed by atoms with van der Waals surface area (Å²) in [6.07, 6.45) is 0.685. The minimum Gasteiger partial charge on any atom is -0.406 e. The summed E-state index contributed by atoms with van der Waals surface area (Å²) in [7, 11) is 1.67. The van der Waals surface area contributed by atoms with Crippen molar-refractivity contribution in [3.8, 4) is 5.75 Å². The second-order valence-electron chi connectivity index (χ2n) is 10.2. The molecule has 1 heterocycles. The Bertz CT molecular complexity index is 1150. The average molecular weight is 606 g/mol. The smallest absolute Gasteiger partial charge is 0.406 e. The molecule has 224 valence electrons. The van der Waals surface area contributed by atoms with E-state index in [2.05, 4.69) is 46.6 Å². The summed E-state index contributed by atoms with van der Waals surface area (Å²) in [5, 5.41) is 5.01. The van der Waals surface area contributed by atoms with Crippen molar-refractivity contribution in [2.24, 2.45) is 11.8 Å². The number of sulfonamides is 1. The third-order valence-electron chi connectivity index (χ3n) is 7.15. The number of benzene rings is 1. The van der Waals surface area contributed by atoms with Crippen LogP contribution in [0.5, 0.6) is 5.75 Å². The van der Waals surface area contributed by atoms with Crippen molar-refractivity contribution in [1.29, 1.82) is 0 Å². The highest BCUT2D eigenvalue weighted by Crippen LogP contribution is 2.41. The Hall–Kier alpha value is -2.19.